The lowest BCUT2D eigenvalue weighted by Crippen LogP contribution is -2.26. The number of hydrogen-bond acceptors (Lipinski definition) is 2. The van der Waals surface area contributed by atoms with E-state index in [1.165, 1.54) is 19.3 Å². The van der Waals surface area contributed by atoms with Crippen molar-refractivity contribution in [3.05, 3.63) is 23.1 Å². The summed E-state index contributed by atoms with van der Waals surface area (Å²) < 4.78 is 2.31. The van der Waals surface area contributed by atoms with Crippen molar-refractivity contribution in [1.82, 2.24) is 14.5 Å². The number of halogens is 2. The topological polar surface area (TPSA) is 30.7 Å². The zero-order valence-electron chi connectivity index (χ0n) is 12.6. The molecule has 0 radical (unpaired) electrons. The monoisotopic (exact) mass is 325 g/mol. The molecule has 1 aliphatic rings. The van der Waals surface area contributed by atoms with E-state index in [0.717, 1.165) is 29.8 Å². The Morgan fingerprint density at radius 3 is 2.95 bits per heavy atom. The number of fused-ring (bicyclic) bond motifs is 1. The predicted molar refractivity (Wildman–Crippen MR) is 88.2 cm³/mol. The Morgan fingerprint density at radius 2 is 2.24 bits per heavy atom. The molecule has 0 bridgehead atoms. The summed E-state index contributed by atoms with van der Waals surface area (Å²) in [5, 5.41) is 0.633. The molecule has 2 aromatic rings. The number of aromatic nitrogens is 3. The quantitative estimate of drug-likeness (QED) is 0.743. The molecule has 1 saturated carbocycles. The van der Waals surface area contributed by atoms with Crippen LogP contribution in [0.4, 0.5) is 0 Å². The minimum atomic E-state index is 0.379. The van der Waals surface area contributed by atoms with Gasteiger partial charge in [0.15, 0.2) is 5.65 Å². The first-order valence-corrected chi connectivity index (χ1v) is 8.50. The molecule has 1 aliphatic carbocycles. The summed E-state index contributed by atoms with van der Waals surface area (Å²) >= 11 is 12.0. The van der Waals surface area contributed by atoms with E-state index in [1.807, 2.05) is 6.07 Å². The lowest BCUT2D eigenvalue weighted by atomic mass is 9.75. The molecule has 0 spiro atoms. The summed E-state index contributed by atoms with van der Waals surface area (Å²) in [5.41, 5.74) is 2.21. The number of pyridine rings is 1. The van der Waals surface area contributed by atoms with Gasteiger partial charge in [-0.05, 0) is 30.7 Å². The van der Waals surface area contributed by atoms with Gasteiger partial charge in [0.25, 0.3) is 0 Å². The van der Waals surface area contributed by atoms with E-state index in [0.29, 0.717) is 22.4 Å². The lowest BCUT2D eigenvalue weighted by molar-refractivity contribution is 0.183. The van der Waals surface area contributed by atoms with Crippen molar-refractivity contribution < 1.29 is 0 Å². The molecule has 5 heteroatoms. The molecule has 1 atom stereocenters. The zero-order valence-corrected chi connectivity index (χ0v) is 14.1. The van der Waals surface area contributed by atoms with E-state index in [2.05, 4.69) is 23.4 Å². The smallest absolute Gasteiger partial charge is 0.160 e. The molecular weight excluding hydrogens is 305 g/mol. The zero-order chi connectivity index (χ0) is 15.0. The minimum Gasteiger partial charge on any atom is -0.310 e. The van der Waals surface area contributed by atoms with Gasteiger partial charge in [0, 0.05) is 24.5 Å². The number of imidazole rings is 1. The van der Waals surface area contributed by atoms with Gasteiger partial charge in [0.2, 0.25) is 0 Å². The first kappa shape index (κ1) is 15.1. The van der Waals surface area contributed by atoms with Crippen LogP contribution >= 0.6 is 23.2 Å². The average molecular weight is 326 g/mol. The normalized spacial score (nSPS) is 21.8. The molecule has 114 valence electrons. The summed E-state index contributed by atoms with van der Waals surface area (Å²) in [6, 6.07) is 2.36. The predicted octanol–water partition coefficient (Wildman–Crippen LogP) is 5.01. The van der Waals surface area contributed by atoms with Gasteiger partial charge >= 0.3 is 0 Å². The highest BCUT2D eigenvalue weighted by molar-refractivity contribution is 6.31. The number of aryl methyl sites for hydroxylation is 1. The highest BCUT2D eigenvalue weighted by Gasteiger charge is 2.31. The summed E-state index contributed by atoms with van der Waals surface area (Å²) in [6.07, 6.45) is 7.38. The maximum absolute atomic E-state index is 6.05. The van der Waals surface area contributed by atoms with E-state index in [4.69, 9.17) is 28.2 Å². The third-order valence-electron chi connectivity index (χ3n) is 4.43. The summed E-state index contributed by atoms with van der Waals surface area (Å²) in [5.74, 6) is 1.62. The fourth-order valence-electron chi connectivity index (χ4n) is 3.53. The molecule has 0 saturated heterocycles. The number of hydrogen-bond donors (Lipinski definition) is 0. The van der Waals surface area contributed by atoms with Crippen molar-refractivity contribution in [2.24, 2.45) is 5.41 Å². The highest BCUT2D eigenvalue weighted by Crippen LogP contribution is 2.42. The van der Waals surface area contributed by atoms with Crippen LogP contribution in [0.5, 0.6) is 0 Å². The van der Waals surface area contributed by atoms with E-state index in [9.17, 15) is 0 Å². The first-order valence-electron chi connectivity index (χ1n) is 7.58. The van der Waals surface area contributed by atoms with Crippen LogP contribution in [0.25, 0.3) is 11.2 Å². The van der Waals surface area contributed by atoms with Crippen LogP contribution in [-0.2, 0) is 6.42 Å². The van der Waals surface area contributed by atoms with Crippen molar-refractivity contribution in [2.45, 2.75) is 52.0 Å². The van der Waals surface area contributed by atoms with Gasteiger partial charge in [0.05, 0.1) is 5.02 Å². The Kier molecular flexibility index (Phi) is 4.15. The Hall–Kier alpha value is -0.800. The van der Waals surface area contributed by atoms with Crippen LogP contribution < -0.4 is 0 Å². The van der Waals surface area contributed by atoms with Crippen molar-refractivity contribution in [1.29, 1.82) is 0 Å². The van der Waals surface area contributed by atoms with E-state index < -0.39 is 0 Å². The molecule has 2 heterocycles. The molecule has 21 heavy (non-hydrogen) atoms. The van der Waals surface area contributed by atoms with Gasteiger partial charge in [0.1, 0.15) is 11.3 Å². The minimum absolute atomic E-state index is 0.379. The molecule has 0 aliphatic heterocycles. The van der Waals surface area contributed by atoms with Crippen LogP contribution in [0.1, 0.15) is 51.4 Å². The second-order valence-corrected chi connectivity index (χ2v) is 7.56. The molecule has 1 fully saturated rings. The first-order chi connectivity index (χ1) is 10.00. The Morgan fingerprint density at radius 1 is 1.43 bits per heavy atom. The van der Waals surface area contributed by atoms with Crippen molar-refractivity contribution >= 4 is 34.4 Å². The SMILES string of the molecule is CC1(C)CCCC(n2c(CCCl)nc3cc(Cl)cnc32)C1. The van der Waals surface area contributed by atoms with Crippen molar-refractivity contribution in [2.75, 3.05) is 5.88 Å². The molecule has 3 rings (SSSR count). The maximum atomic E-state index is 6.05. The molecule has 2 aromatic heterocycles. The second kappa shape index (κ2) is 5.77. The fraction of sp³-hybridized carbons (Fsp3) is 0.625. The molecule has 1 unspecified atom stereocenters. The standard InChI is InChI=1S/C16H21Cl2N3/c1-16(2)6-3-4-12(9-16)21-14(5-7-17)20-13-8-11(18)10-19-15(13)21/h8,10,12H,3-7,9H2,1-2H3. The van der Waals surface area contributed by atoms with Crippen molar-refractivity contribution in [3.63, 3.8) is 0 Å². The summed E-state index contributed by atoms with van der Waals surface area (Å²) in [7, 11) is 0. The number of nitrogens with zero attached hydrogens (tertiary/aromatic N) is 3. The largest absolute Gasteiger partial charge is 0.310 e. The van der Waals surface area contributed by atoms with Gasteiger partial charge in [-0.15, -0.1) is 11.6 Å². The second-order valence-electron chi connectivity index (χ2n) is 6.75. The van der Waals surface area contributed by atoms with Gasteiger partial charge in [-0.2, -0.15) is 0 Å². The Labute approximate surface area is 135 Å². The van der Waals surface area contributed by atoms with Crippen LogP contribution in [0.3, 0.4) is 0 Å². The maximum Gasteiger partial charge on any atom is 0.160 e. The highest BCUT2D eigenvalue weighted by atomic mass is 35.5. The van der Waals surface area contributed by atoms with Crippen LogP contribution in [-0.4, -0.2) is 20.4 Å². The molecule has 3 nitrogen and oxygen atoms in total. The summed E-state index contributed by atoms with van der Waals surface area (Å²) in [4.78, 5) is 9.25. The van der Waals surface area contributed by atoms with Gasteiger partial charge in [-0.1, -0.05) is 31.9 Å². The van der Waals surface area contributed by atoms with Crippen LogP contribution in [0.15, 0.2) is 12.3 Å². The van der Waals surface area contributed by atoms with Gasteiger partial charge < -0.3 is 4.57 Å². The van der Waals surface area contributed by atoms with Gasteiger partial charge in [-0.25, -0.2) is 9.97 Å². The van der Waals surface area contributed by atoms with Crippen LogP contribution in [0.2, 0.25) is 5.02 Å². The van der Waals surface area contributed by atoms with E-state index in [1.54, 1.807) is 6.20 Å². The van der Waals surface area contributed by atoms with Crippen molar-refractivity contribution in [3.8, 4) is 0 Å². The Balaban J connectivity index is 2.08. The molecule has 0 amide bonds. The third-order valence-corrected chi connectivity index (χ3v) is 4.83. The fourth-order valence-corrected chi connectivity index (χ4v) is 3.85. The molecule has 0 aromatic carbocycles. The Bertz CT molecular complexity index is 648. The summed E-state index contributed by atoms with van der Waals surface area (Å²) in [6.45, 7) is 4.70. The van der Waals surface area contributed by atoms with E-state index in [-0.39, 0.29) is 0 Å². The lowest BCUT2D eigenvalue weighted by Gasteiger charge is -2.36. The third kappa shape index (κ3) is 3.04. The average Bonchev–Trinajstić information content (AvgIpc) is 2.75. The van der Waals surface area contributed by atoms with E-state index >= 15 is 0 Å². The molecular formula is C16H21Cl2N3. The van der Waals surface area contributed by atoms with Gasteiger partial charge in [-0.3, -0.25) is 0 Å². The molecule has 0 N–H and O–H groups in total. The number of alkyl halides is 1. The van der Waals surface area contributed by atoms with Crippen LogP contribution in [0, 0.1) is 5.41 Å². The number of rotatable bonds is 3.